The molecule has 0 fully saturated rings. The molecule has 0 unspecified atom stereocenters. The molecule has 0 saturated heterocycles. The van der Waals surface area contributed by atoms with Crippen LogP contribution in [-0.2, 0) is 19.1 Å². The fourth-order valence-electron chi connectivity index (χ4n) is 4.46. The van der Waals surface area contributed by atoms with E-state index in [-0.39, 0.29) is 17.8 Å². The van der Waals surface area contributed by atoms with Crippen molar-refractivity contribution in [3.05, 3.63) is 87.1 Å². The second-order valence-electron chi connectivity index (χ2n) is 8.27. The minimum Gasteiger partial charge on any atom is -0.324 e. The third-order valence-corrected chi connectivity index (χ3v) is 6.07. The first-order valence-corrected chi connectivity index (χ1v) is 10.7. The van der Waals surface area contributed by atoms with Gasteiger partial charge in [0.25, 0.3) is 5.91 Å². The summed E-state index contributed by atoms with van der Waals surface area (Å²) in [7, 11) is 0. The number of amides is 1. The Morgan fingerprint density at radius 3 is 2.44 bits per heavy atom. The normalized spacial score (nSPS) is 16.2. The van der Waals surface area contributed by atoms with E-state index in [1.165, 1.54) is 35.2 Å². The van der Waals surface area contributed by atoms with Gasteiger partial charge in [0.2, 0.25) is 5.56 Å². The van der Waals surface area contributed by atoms with E-state index in [9.17, 15) is 27.2 Å². The van der Waals surface area contributed by atoms with Crippen LogP contribution in [-0.4, -0.2) is 24.1 Å². The number of halogens is 4. The molecule has 3 aromatic rings. The number of anilines is 3. The molecule has 1 amide bonds. The number of alkyl halides is 3. The Hall–Kier alpha value is -3.66. The second kappa shape index (κ2) is 8.28. The van der Waals surface area contributed by atoms with Crippen LogP contribution in [0.4, 0.5) is 34.6 Å². The lowest BCUT2D eigenvalue weighted by Crippen LogP contribution is -2.46. The van der Waals surface area contributed by atoms with Crippen LogP contribution >= 0.6 is 0 Å². The number of benzene rings is 2. The highest BCUT2D eigenvalue weighted by Crippen LogP contribution is 2.41. The Labute approximate surface area is 191 Å². The monoisotopic (exact) mass is 472 g/mol. The highest BCUT2D eigenvalue weighted by molar-refractivity contribution is 6.13. The van der Waals surface area contributed by atoms with Gasteiger partial charge in [0.15, 0.2) is 0 Å². The third-order valence-electron chi connectivity index (χ3n) is 6.07. The molecule has 2 aliphatic heterocycles. The Morgan fingerprint density at radius 1 is 0.882 bits per heavy atom. The van der Waals surface area contributed by atoms with Crippen LogP contribution in [0.2, 0.25) is 0 Å². The molecule has 0 saturated carbocycles. The standard InChI is InChI=1S/C24H20F4N4O2/c25-16-4-6-19-14(10-16)12-29-9-1-2-18-21(7-8-22(33)30-18)32-13-31(19)20-5-3-15(24(26,27)28)11-17(20)23(32)34/h3-8,10-11,29H,1-2,9,12-13H2,(H,30,33). The largest absolute Gasteiger partial charge is 0.416 e. The predicted octanol–water partition coefficient (Wildman–Crippen LogP) is 4.32. The van der Waals surface area contributed by atoms with E-state index in [1.54, 1.807) is 11.0 Å². The van der Waals surface area contributed by atoms with Gasteiger partial charge in [-0.3, -0.25) is 14.5 Å². The number of rotatable bonds is 0. The van der Waals surface area contributed by atoms with Gasteiger partial charge in [0.1, 0.15) is 12.5 Å². The molecule has 6 nitrogen and oxygen atoms in total. The molecule has 176 valence electrons. The van der Waals surface area contributed by atoms with Crippen molar-refractivity contribution in [2.24, 2.45) is 0 Å². The van der Waals surface area contributed by atoms with Crippen molar-refractivity contribution in [1.82, 2.24) is 10.3 Å². The van der Waals surface area contributed by atoms with Crippen molar-refractivity contribution < 1.29 is 22.4 Å². The number of aromatic nitrogens is 1. The number of hydrogen-bond acceptors (Lipinski definition) is 4. The van der Waals surface area contributed by atoms with Gasteiger partial charge >= 0.3 is 6.18 Å². The lowest BCUT2D eigenvalue weighted by atomic mass is 10.0. The topological polar surface area (TPSA) is 68.4 Å². The molecule has 0 radical (unpaired) electrons. The van der Waals surface area contributed by atoms with Gasteiger partial charge in [-0.25, -0.2) is 4.39 Å². The number of fused-ring (bicyclic) bond motifs is 8. The van der Waals surface area contributed by atoms with Gasteiger partial charge in [0.05, 0.1) is 22.5 Å². The van der Waals surface area contributed by atoms with Gasteiger partial charge in [-0.15, -0.1) is 0 Å². The summed E-state index contributed by atoms with van der Waals surface area (Å²) < 4.78 is 54.5. The fraction of sp³-hybridized carbons (Fsp3) is 0.250. The lowest BCUT2D eigenvalue weighted by Gasteiger charge is -2.40. The average molecular weight is 472 g/mol. The minimum atomic E-state index is -4.63. The van der Waals surface area contributed by atoms with Crippen molar-refractivity contribution in [2.75, 3.05) is 23.0 Å². The fourth-order valence-corrected chi connectivity index (χ4v) is 4.46. The van der Waals surface area contributed by atoms with E-state index in [0.717, 1.165) is 12.1 Å². The number of hydrogen-bond donors (Lipinski definition) is 2. The van der Waals surface area contributed by atoms with Crippen molar-refractivity contribution in [1.29, 1.82) is 0 Å². The highest BCUT2D eigenvalue weighted by atomic mass is 19.4. The van der Waals surface area contributed by atoms with Crippen LogP contribution in [0, 0.1) is 5.82 Å². The highest BCUT2D eigenvalue weighted by Gasteiger charge is 2.37. The summed E-state index contributed by atoms with van der Waals surface area (Å²) in [6.07, 6.45) is -3.57. The zero-order chi connectivity index (χ0) is 24.0. The van der Waals surface area contributed by atoms with Crippen LogP contribution < -0.4 is 20.7 Å². The SMILES string of the molecule is O=C1c2cc(C(F)(F)F)ccc2N2CN1c1ccc(=O)[nH]c1CCCNCc1cc(F)ccc12. The van der Waals surface area contributed by atoms with Crippen LogP contribution in [0.25, 0.3) is 0 Å². The third kappa shape index (κ3) is 3.94. The predicted molar refractivity (Wildman–Crippen MR) is 119 cm³/mol. The first kappa shape index (κ1) is 22.1. The summed E-state index contributed by atoms with van der Waals surface area (Å²) in [5.41, 5.74) is 1.02. The molecular weight excluding hydrogens is 452 g/mol. The summed E-state index contributed by atoms with van der Waals surface area (Å²) in [5.74, 6) is -1.04. The molecule has 3 heterocycles. The number of nitrogens with zero attached hydrogens (tertiary/aromatic N) is 2. The molecule has 5 rings (SSSR count). The molecule has 2 bridgehead atoms. The summed E-state index contributed by atoms with van der Waals surface area (Å²) in [5, 5.41) is 3.25. The van der Waals surface area contributed by atoms with E-state index in [4.69, 9.17) is 0 Å². The zero-order valence-electron chi connectivity index (χ0n) is 17.9. The van der Waals surface area contributed by atoms with Crippen molar-refractivity contribution >= 4 is 23.0 Å². The molecule has 2 aromatic carbocycles. The molecule has 1 aromatic heterocycles. The maximum absolute atomic E-state index is 14.1. The van der Waals surface area contributed by atoms with E-state index in [2.05, 4.69) is 10.3 Å². The second-order valence-corrected chi connectivity index (χ2v) is 8.27. The van der Waals surface area contributed by atoms with E-state index in [1.807, 2.05) is 0 Å². The van der Waals surface area contributed by atoms with Gasteiger partial charge in [-0.05, 0) is 67.4 Å². The van der Waals surface area contributed by atoms with Crippen LogP contribution in [0.15, 0.2) is 53.3 Å². The number of aryl methyl sites for hydroxylation is 1. The van der Waals surface area contributed by atoms with Gasteiger partial charge in [-0.1, -0.05) is 0 Å². The van der Waals surface area contributed by atoms with Crippen LogP contribution in [0.1, 0.15) is 33.6 Å². The van der Waals surface area contributed by atoms with Gasteiger partial charge in [-0.2, -0.15) is 13.2 Å². The van der Waals surface area contributed by atoms with E-state index in [0.29, 0.717) is 54.3 Å². The first-order valence-electron chi connectivity index (χ1n) is 10.7. The summed E-state index contributed by atoms with van der Waals surface area (Å²) in [4.78, 5) is 31.3. The van der Waals surface area contributed by atoms with Crippen molar-refractivity contribution in [2.45, 2.75) is 25.6 Å². The average Bonchev–Trinajstić information content (AvgIpc) is 2.79. The molecule has 10 heteroatoms. The van der Waals surface area contributed by atoms with Crippen LogP contribution in [0.5, 0.6) is 0 Å². The smallest absolute Gasteiger partial charge is 0.324 e. The lowest BCUT2D eigenvalue weighted by molar-refractivity contribution is -0.137. The Kier molecular flexibility index (Phi) is 5.40. The summed E-state index contributed by atoms with van der Waals surface area (Å²) in [6, 6.07) is 10.1. The number of carbonyl (C=O) groups is 1. The molecule has 0 atom stereocenters. The number of H-pyrrole nitrogens is 1. The molecule has 2 aliphatic rings. The Bertz CT molecular complexity index is 1340. The molecule has 34 heavy (non-hydrogen) atoms. The zero-order valence-corrected chi connectivity index (χ0v) is 17.9. The van der Waals surface area contributed by atoms with Gasteiger partial charge < -0.3 is 15.2 Å². The van der Waals surface area contributed by atoms with Gasteiger partial charge in [0, 0.05) is 24.0 Å². The van der Waals surface area contributed by atoms with E-state index >= 15 is 0 Å². The molecular formula is C24H20F4N4O2. The molecule has 0 spiro atoms. The quantitative estimate of drug-likeness (QED) is 0.478. The maximum atomic E-state index is 14.1. The minimum absolute atomic E-state index is 0.0190. The number of pyridine rings is 1. The first-order chi connectivity index (χ1) is 16.2. The van der Waals surface area contributed by atoms with E-state index < -0.39 is 23.5 Å². The summed E-state index contributed by atoms with van der Waals surface area (Å²) >= 11 is 0. The van der Waals surface area contributed by atoms with Crippen LogP contribution in [0.3, 0.4) is 0 Å². The summed E-state index contributed by atoms with van der Waals surface area (Å²) in [6.45, 7) is 0.881. The number of carbonyl (C=O) groups excluding carboxylic acids is 1. The Morgan fingerprint density at radius 2 is 1.65 bits per heavy atom. The Balaban J connectivity index is 1.75. The molecule has 0 aliphatic carbocycles. The van der Waals surface area contributed by atoms with Crippen molar-refractivity contribution in [3.8, 4) is 0 Å². The maximum Gasteiger partial charge on any atom is 0.416 e. The molecule has 2 N–H and O–H groups in total. The number of nitrogens with one attached hydrogen (secondary N) is 2. The van der Waals surface area contributed by atoms with Crippen molar-refractivity contribution in [3.63, 3.8) is 0 Å². The number of aromatic amines is 1.